The molecular formula is C21H19ClN6OS. The minimum absolute atomic E-state index is 0.127. The third-order valence-corrected chi connectivity index (χ3v) is 6.16. The summed E-state index contributed by atoms with van der Waals surface area (Å²) in [5.41, 5.74) is 9.86. The smallest absolute Gasteiger partial charge is 0.257 e. The van der Waals surface area contributed by atoms with E-state index in [4.69, 9.17) is 26.7 Å². The van der Waals surface area contributed by atoms with Gasteiger partial charge in [0.1, 0.15) is 11.3 Å². The van der Waals surface area contributed by atoms with Crippen molar-refractivity contribution >= 4 is 52.0 Å². The summed E-state index contributed by atoms with van der Waals surface area (Å²) in [7, 11) is 0. The Morgan fingerprint density at radius 2 is 2.00 bits per heavy atom. The van der Waals surface area contributed by atoms with Gasteiger partial charge < -0.3 is 15.1 Å². The number of halogens is 1. The van der Waals surface area contributed by atoms with Gasteiger partial charge in [0.15, 0.2) is 5.58 Å². The van der Waals surface area contributed by atoms with Crippen molar-refractivity contribution in [2.45, 2.75) is 30.2 Å². The number of nitrogen functional groups attached to an aromatic ring is 1. The van der Waals surface area contributed by atoms with Crippen LogP contribution < -0.4 is 10.6 Å². The molecule has 0 unspecified atom stereocenters. The normalized spacial score (nSPS) is 14.7. The molecule has 7 nitrogen and oxygen atoms in total. The lowest BCUT2D eigenvalue weighted by atomic mass is 10.0. The van der Waals surface area contributed by atoms with Crippen LogP contribution in [-0.2, 0) is 6.42 Å². The predicted octanol–water partition coefficient (Wildman–Crippen LogP) is 5.19. The van der Waals surface area contributed by atoms with Gasteiger partial charge in [-0.3, -0.25) is 0 Å². The molecule has 1 atom stereocenters. The first-order chi connectivity index (χ1) is 14.6. The maximum Gasteiger partial charge on any atom is 0.257 e. The van der Waals surface area contributed by atoms with Crippen LogP contribution in [0.25, 0.3) is 11.1 Å². The van der Waals surface area contributed by atoms with Crippen molar-refractivity contribution in [2.75, 3.05) is 17.2 Å². The summed E-state index contributed by atoms with van der Waals surface area (Å²) in [5, 5.41) is 1.01. The summed E-state index contributed by atoms with van der Waals surface area (Å²) in [6.07, 6.45) is 2.09. The Labute approximate surface area is 182 Å². The molecule has 0 saturated heterocycles. The highest BCUT2D eigenvalue weighted by Crippen LogP contribution is 2.37. The molecular weight excluding hydrogens is 420 g/mol. The molecule has 0 radical (unpaired) electrons. The molecule has 0 fully saturated rings. The summed E-state index contributed by atoms with van der Waals surface area (Å²) in [6.45, 7) is 2.84. The number of aromatic nitrogens is 4. The first-order valence-corrected chi connectivity index (χ1v) is 10.9. The van der Waals surface area contributed by atoms with Gasteiger partial charge >= 0.3 is 0 Å². The Morgan fingerprint density at radius 1 is 1.13 bits per heavy atom. The maximum atomic E-state index is 6.04. The molecule has 0 spiro atoms. The minimum Gasteiger partial charge on any atom is -0.431 e. The first kappa shape index (κ1) is 19.1. The molecule has 5 rings (SSSR count). The lowest BCUT2D eigenvalue weighted by molar-refractivity contribution is 0.488. The van der Waals surface area contributed by atoms with Gasteiger partial charge in [-0.05, 0) is 43.5 Å². The minimum atomic E-state index is -0.127. The van der Waals surface area contributed by atoms with E-state index in [0.717, 1.165) is 30.6 Å². The van der Waals surface area contributed by atoms with Crippen molar-refractivity contribution in [2.24, 2.45) is 0 Å². The number of anilines is 3. The van der Waals surface area contributed by atoms with Gasteiger partial charge in [-0.1, -0.05) is 41.6 Å². The quantitative estimate of drug-likeness (QED) is 0.435. The van der Waals surface area contributed by atoms with Crippen molar-refractivity contribution in [1.29, 1.82) is 0 Å². The first-order valence-electron chi connectivity index (χ1n) is 9.66. The van der Waals surface area contributed by atoms with E-state index in [9.17, 15) is 0 Å². The summed E-state index contributed by atoms with van der Waals surface area (Å²) >= 11 is 7.46. The van der Waals surface area contributed by atoms with Gasteiger partial charge in [-0.2, -0.15) is 15.0 Å². The molecule has 2 N–H and O–H groups in total. The van der Waals surface area contributed by atoms with Crippen LogP contribution in [0.2, 0.25) is 5.02 Å². The number of fused-ring (bicyclic) bond motifs is 2. The van der Waals surface area contributed by atoms with Crippen LogP contribution in [0.3, 0.4) is 0 Å². The summed E-state index contributed by atoms with van der Waals surface area (Å²) in [6, 6.07) is 13.7. The van der Waals surface area contributed by atoms with Crippen LogP contribution in [0.15, 0.2) is 52.1 Å². The number of nitrogens with two attached hydrogens (primary N) is 1. The average Bonchev–Trinajstić information content (AvgIpc) is 3.14. The van der Waals surface area contributed by atoms with Gasteiger partial charge in [0, 0.05) is 23.3 Å². The zero-order chi connectivity index (χ0) is 20.7. The van der Waals surface area contributed by atoms with Crippen molar-refractivity contribution in [1.82, 2.24) is 19.9 Å². The fraction of sp³-hybridized carbons (Fsp3) is 0.238. The highest BCUT2D eigenvalue weighted by Gasteiger charge is 2.23. The molecule has 4 aromatic rings. The Bertz CT molecular complexity index is 1230. The van der Waals surface area contributed by atoms with Crippen LogP contribution in [0.4, 0.5) is 17.6 Å². The number of oxazole rings is 1. The van der Waals surface area contributed by atoms with Gasteiger partial charge in [0.05, 0.1) is 5.25 Å². The fourth-order valence-electron chi connectivity index (χ4n) is 3.57. The second kappa shape index (κ2) is 7.77. The van der Waals surface area contributed by atoms with Crippen LogP contribution in [0.1, 0.15) is 30.0 Å². The predicted molar refractivity (Wildman–Crippen MR) is 119 cm³/mol. The largest absolute Gasteiger partial charge is 0.431 e. The number of nitrogens with zero attached hydrogens (tertiary/aromatic N) is 5. The third kappa shape index (κ3) is 3.68. The number of thioether (sulfide) groups is 1. The van der Waals surface area contributed by atoms with Crippen molar-refractivity contribution in [3.8, 4) is 0 Å². The van der Waals surface area contributed by atoms with E-state index >= 15 is 0 Å². The number of hydrogen-bond donors (Lipinski definition) is 1. The molecule has 1 aliphatic heterocycles. The number of para-hydroxylation sites is 1. The summed E-state index contributed by atoms with van der Waals surface area (Å²) < 4.78 is 5.82. The van der Waals surface area contributed by atoms with E-state index in [2.05, 4.69) is 38.1 Å². The standard InChI is InChI=1S/C21H19ClN6OS/c1-12(30-21-24-15-9-8-14(22)11-17(15)29-21)18-25-19(23)27-20(26-18)28-10-4-6-13-5-2-3-7-16(13)28/h2-3,5,7-9,11-12H,4,6,10H2,1H3,(H2,23,25,26,27)/t12-/m0/s1. The zero-order valence-electron chi connectivity index (χ0n) is 16.2. The Balaban J connectivity index is 1.44. The van der Waals surface area contributed by atoms with Crippen LogP contribution in [-0.4, -0.2) is 26.5 Å². The number of aryl methyl sites for hydroxylation is 1. The van der Waals surface area contributed by atoms with E-state index in [1.165, 1.54) is 17.3 Å². The summed E-state index contributed by atoms with van der Waals surface area (Å²) in [5.74, 6) is 1.36. The molecule has 0 aliphatic carbocycles. The second-order valence-corrected chi connectivity index (χ2v) is 8.82. The van der Waals surface area contributed by atoms with Gasteiger partial charge in [0.25, 0.3) is 5.22 Å². The topological polar surface area (TPSA) is 94.0 Å². The molecule has 2 aromatic carbocycles. The molecule has 2 aromatic heterocycles. The lowest BCUT2D eigenvalue weighted by Crippen LogP contribution is -2.27. The second-order valence-electron chi connectivity index (χ2n) is 7.09. The van der Waals surface area contributed by atoms with Gasteiger partial charge in [0.2, 0.25) is 11.9 Å². The van der Waals surface area contributed by atoms with Crippen LogP contribution in [0, 0.1) is 0 Å². The molecule has 0 saturated carbocycles. The van der Waals surface area contributed by atoms with E-state index in [-0.39, 0.29) is 11.2 Å². The van der Waals surface area contributed by atoms with Gasteiger partial charge in [-0.25, -0.2) is 4.98 Å². The number of hydrogen-bond acceptors (Lipinski definition) is 8. The zero-order valence-corrected chi connectivity index (χ0v) is 17.8. The van der Waals surface area contributed by atoms with Crippen LogP contribution >= 0.6 is 23.4 Å². The SMILES string of the molecule is C[C@H](Sc1nc2ccc(Cl)cc2o1)c1nc(N)nc(N2CCCc3ccccc32)n1. The fourth-order valence-corrected chi connectivity index (χ4v) is 4.54. The van der Waals surface area contributed by atoms with Crippen LogP contribution in [0.5, 0.6) is 0 Å². The summed E-state index contributed by atoms with van der Waals surface area (Å²) in [4.78, 5) is 20.1. The van der Waals surface area contributed by atoms with E-state index < -0.39 is 0 Å². The van der Waals surface area contributed by atoms with E-state index in [1.54, 1.807) is 12.1 Å². The third-order valence-electron chi connectivity index (χ3n) is 4.98. The maximum absolute atomic E-state index is 6.04. The Kier molecular flexibility index (Phi) is 4.96. The van der Waals surface area contributed by atoms with E-state index in [0.29, 0.717) is 27.6 Å². The highest BCUT2D eigenvalue weighted by molar-refractivity contribution is 7.99. The molecule has 30 heavy (non-hydrogen) atoms. The number of rotatable bonds is 4. The van der Waals surface area contributed by atoms with Gasteiger partial charge in [-0.15, -0.1) is 0 Å². The monoisotopic (exact) mass is 438 g/mol. The number of benzene rings is 2. The molecule has 0 amide bonds. The lowest BCUT2D eigenvalue weighted by Gasteiger charge is -2.29. The molecule has 3 heterocycles. The van der Waals surface area contributed by atoms with Crippen molar-refractivity contribution in [3.05, 3.63) is 58.9 Å². The highest BCUT2D eigenvalue weighted by atomic mass is 35.5. The van der Waals surface area contributed by atoms with Crippen molar-refractivity contribution in [3.63, 3.8) is 0 Å². The molecule has 0 bridgehead atoms. The van der Waals surface area contributed by atoms with Crippen molar-refractivity contribution < 1.29 is 4.42 Å². The molecule has 9 heteroatoms. The molecule has 1 aliphatic rings. The Hall–Kier alpha value is -2.84. The average molecular weight is 439 g/mol. The Morgan fingerprint density at radius 3 is 2.90 bits per heavy atom. The molecule has 152 valence electrons. The van der Waals surface area contributed by atoms with E-state index in [1.807, 2.05) is 19.1 Å².